The highest BCUT2D eigenvalue weighted by molar-refractivity contribution is 7.98. The van der Waals surface area contributed by atoms with E-state index in [1.807, 2.05) is 18.2 Å². The first-order chi connectivity index (χ1) is 9.29. The predicted molar refractivity (Wildman–Crippen MR) is 75.9 cm³/mol. The normalized spacial score (nSPS) is 10.6. The third-order valence-electron chi connectivity index (χ3n) is 2.36. The van der Waals surface area contributed by atoms with Gasteiger partial charge in [0.05, 0.1) is 11.4 Å². The summed E-state index contributed by atoms with van der Waals surface area (Å²) in [5.41, 5.74) is 6.37. The Balaban J connectivity index is 1.85. The average molecular weight is 279 g/mol. The van der Waals surface area contributed by atoms with Crippen LogP contribution in [0.2, 0.25) is 0 Å². The number of thioether (sulfide) groups is 1. The van der Waals surface area contributed by atoms with E-state index in [9.17, 15) is 0 Å². The van der Waals surface area contributed by atoms with Crippen LogP contribution >= 0.6 is 11.8 Å². The summed E-state index contributed by atoms with van der Waals surface area (Å²) in [5.74, 6) is 3.67. The summed E-state index contributed by atoms with van der Waals surface area (Å²) in [6, 6.07) is 7.32. The minimum atomic E-state index is 0.236. The molecule has 0 bridgehead atoms. The van der Waals surface area contributed by atoms with E-state index in [0.717, 1.165) is 17.9 Å². The molecule has 0 spiro atoms. The zero-order chi connectivity index (χ0) is 13.5. The van der Waals surface area contributed by atoms with Crippen molar-refractivity contribution in [3.8, 4) is 5.75 Å². The van der Waals surface area contributed by atoms with Crippen molar-refractivity contribution in [2.45, 2.75) is 25.7 Å². The molecular weight excluding hydrogens is 262 g/mol. The van der Waals surface area contributed by atoms with E-state index in [-0.39, 0.29) is 6.61 Å². The van der Waals surface area contributed by atoms with Gasteiger partial charge in [-0.3, -0.25) is 0 Å². The molecule has 0 saturated carbocycles. The Labute approximate surface area is 116 Å². The molecule has 6 heteroatoms. The molecule has 1 heterocycles. The van der Waals surface area contributed by atoms with Gasteiger partial charge in [-0.1, -0.05) is 24.2 Å². The second-order valence-electron chi connectivity index (χ2n) is 3.98. The molecule has 2 N–H and O–H groups in total. The van der Waals surface area contributed by atoms with Gasteiger partial charge >= 0.3 is 0 Å². The van der Waals surface area contributed by atoms with Crippen LogP contribution in [0.4, 0.5) is 5.69 Å². The second-order valence-corrected chi connectivity index (χ2v) is 5.09. The quantitative estimate of drug-likeness (QED) is 0.620. The minimum absolute atomic E-state index is 0.236. The van der Waals surface area contributed by atoms with E-state index < -0.39 is 0 Å². The van der Waals surface area contributed by atoms with Crippen LogP contribution in [0.5, 0.6) is 5.75 Å². The van der Waals surface area contributed by atoms with Gasteiger partial charge in [0.1, 0.15) is 5.75 Å². The fourth-order valence-corrected chi connectivity index (χ4v) is 2.20. The van der Waals surface area contributed by atoms with Crippen LogP contribution in [0.3, 0.4) is 0 Å². The number of rotatable bonds is 7. The number of benzene rings is 1. The Kier molecular flexibility index (Phi) is 5.09. The highest BCUT2D eigenvalue weighted by Crippen LogP contribution is 2.20. The van der Waals surface area contributed by atoms with Gasteiger partial charge in [0.25, 0.3) is 5.89 Å². The molecule has 19 heavy (non-hydrogen) atoms. The van der Waals surface area contributed by atoms with Crippen molar-refractivity contribution in [3.05, 3.63) is 36.0 Å². The molecule has 0 unspecified atom stereocenters. The number of nitrogens with zero attached hydrogens (tertiary/aromatic N) is 2. The van der Waals surface area contributed by atoms with Crippen molar-refractivity contribution < 1.29 is 9.26 Å². The van der Waals surface area contributed by atoms with Gasteiger partial charge in [0.2, 0.25) is 0 Å². The average Bonchev–Trinajstić information content (AvgIpc) is 2.86. The minimum Gasteiger partial charge on any atom is -0.482 e. The number of ether oxygens (including phenoxy) is 1. The van der Waals surface area contributed by atoms with Gasteiger partial charge in [-0.05, 0) is 24.3 Å². The first kappa shape index (κ1) is 13.7. The standard InChI is InChI=1S/C13H17N3O2S/c1-2-7-19-9-12-15-13(18-16-12)8-17-11-6-4-3-5-10(11)14/h3-6H,2,7-9,14H2,1H3. The molecule has 0 aliphatic carbocycles. The molecule has 5 nitrogen and oxygen atoms in total. The summed E-state index contributed by atoms with van der Waals surface area (Å²) in [5, 5.41) is 3.90. The zero-order valence-electron chi connectivity index (χ0n) is 10.8. The number of hydrogen-bond donors (Lipinski definition) is 1. The van der Waals surface area contributed by atoms with Crippen molar-refractivity contribution in [1.82, 2.24) is 10.1 Å². The Morgan fingerprint density at radius 1 is 1.37 bits per heavy atom. The van der Waals surface area contributed by atoms with Gasteiger partial charge < -0.3 is 15.0 Å². The summed E-state index contributed by atoms with van der Waals surface area (Å²) in [4.78, 5) is 4.26. The molecule has 0 amide bonds. The highest BCUT2D eigenvalue weighted by Gasteiger charge is 2.07. The molecule has 1 aromatic carbocycles. The first-order valence-electron chi connectivity index (χ1n) is 6.16. The summed E-state index contributed by atoms with van der Waals surface area (Å²) in [7, 11) is 0. The smallest absolute Gasteiger partial charge is 0.264 e. The van der Waals surface area contributed by atoms with Gasteiger partial charge in [-0.15, -0.1) is 0 Å². The maximum absolute atomic E-state index is 5.78. The molecule has 0 radical (unpaired) electrons. The lowest BCUT2D eigenvalue weighted by molar-refractivity contribution is 0.243. The molecule has 1 aromatic heterocycles. The summed E-state index contributed by atoms with van der Waals surface area (Å²) in [6.45, 7) is 2.38. The number of para-hydroxylation sites is 2. The third kappa shape index (κ3) is 4.17. The van der Waals surface area contributed by atoms with Gasteiger partial charge in [-0.25, -0.2) is 0 Å². The molecule has 2 rings (SSSR count). The Hall–Kier alpha value is -1.69. The van der Waals surface area contributed by atoms with E-state index >= 15 is 0 Å². The Bertz CT molecular complexity index is 516. The molecule has 0 fully saturated rings. The number of nitrogens with two attached hydrogens (primary N) is 1. The van der Waals surface area contributed by atoms with Gasteiger partial charge in [-0.2, -0.15) is 16.7 Å². The molecule has 2 aromatic rings. The lowest BCUT2D eigenvalue weighted by Gasteiger charge is -2.05. The van der Waals surface area contributed by atoms with Crippen LogP contribution in [0.15, 0.2) is 28.8 Å². The van der Waals surface area contributed by atoms with Crippen LogP contribution in [0.1, 0.15) is 25.1 Å². The van der Waals surface area contributed by atoms with Crippen molar-refractivity contribution in [2.75, 3.05) is 11.5 Å². The van der Waals surface area contributed by atoms with Gasteiger partial charge in [0, 0.05) is 0 Å². The van der Waals surface area contributed by atoms with Crippen molar-refractivity contribution >= 4 is 17.4 Å². The third-order valence-corrected chi connectivity index (χ3v) is 3.52. The van der Waals surface area contributed by atoms with Crippen LogP contribution in [-0.2, 0) is 12.4 Å². The summed E-state index contributed by atoms with van der Waals surface area (Å²) in [6.07, 6.45) is 1.14. The number of anilines is 1. The molecule has 102 valence electrons. The topological polar surface area (TPSA) is 74.2 Å². The largest absolute Gasteiger partial charge is 0.482 e. The molecule has 0 aliphatic heterocycles. The number of aromatic nitrogens is 2. The van der Waals surface area contributed by atoms with Crippen LogP contribution in [0.25, 0.3) is 0 Å². The maximum atomic E-state index is 5.78. The van der Waals surface area contributed by atoms with Crippen molar-refractivity contribution in [3.63, 3.8) is 0 Å². The summed E-state index contributed by atoms with van der Waals surface area (Å²) >= 11 is 1.79. The second kappa shape index (κ2) is 7.04. The van der Waals surface area contributed by atoms with Crippen LogP contribution < -0.4 is 10.5 Å². The van der Waals surface area contributed by atoms with Gasteiger partial charge in [0.15, 0.2) is 12.4 Å². The fraction of sp³-hybridized carbons (Fsp3) is 0.385. The molecule has 0 aliphatic rings. The number of nitrogen functional groups attached to an aromatic ring is 1. The molecular formula is C13H17N3O2S. The summed E-state index contributed by atoms with van der Waals surface area (Å²) < 4.78 is 10.7. The van der Waals surface area contributed by atoms with E-state index in [4.69, 9.17) is 15.0 Å². The van der Waals surface area contributed by atoms with E-state index in [0.29, 0.717) is 23.2 Å². The zero-order valence-corrected chi connectivity index (χ0v) is 11.7. The van der Waals surface area contributed by atoms with Crippen molar-refractivity contribution in [1.29, 1.82) is 0 Å². The Morgan fingerprint density at radius 3 is 3.00 bits per heavy atom. The van der Waals surface area contributed by atoms with Crippen molar-refractivity contribution in [2.24, 2.45) is 0 Å². The molecule has 0 saturated heterocycles. The lowest BCUT2D eigenvalue weighted by atomic mass is 10.3. The first-order valence-corrected chi connectivity index (χ1v) is 7.31. The lowest BCUT2D eigenvalue weighted by Crippen LogP contribution is -1.99. The molecule has 0 atom stereocenters. The van der Waals surface area contributed by atoms with E-state index in [1.165, 1.54) is 0 Å². The predicted octanol–water partition coefficient (Wildman–Crippen LogP) is 2.87. The Morgan fingerprint density at radius 2 is 2.21 bits per heavy atom. The van der Waals surface area contributed by atoms with Crippen LogP contribution in [-0.4, -0.2) is 15.9 Å². The van der Waals surface area contributed by atoms with Crippen LogP contribution in [0, 0.1) is 0 Å². The van der Waals surface area contributed by atoms with E-state index in [2.05, 4.69) is 17.1 Å². The maximum Gasteiger partial charge on any atom is 0.264 e. The fourth-order valence-electron chi connectivity index (χ4n) is 1.47. The monoisotopic (exact) mass is 279 g/mol. The van der Waals surface area contributed by atoms with E-state index in [1.54, 1.807) is 17.8 Å². The highest BCUT2D eigenvalue weighted by atomic mass is 32.2. The SMILES string of the molecule is CCCSCc1noc(COc2ccccc2N)n1. The number of hydrogen-bond acceptors (Lipinski definition) is 6.